The topological polar surface area (TPSA) is 0 Å². The Hall–Kier alpha value is -2.35. The predicted octanol–water partition coefficient (Wildman–Crippen LogP) is 8.83. The first-order valence-electron chi connectivity index (χ1n) is 9.43. The Morgan fingerprint density at radius 3 is 2.18 bits per heavy atom. The van der Waals surface area contributed by atoms with E-state index in [1.165, 1.54) is 65.7 Å². The maximum atomic E-state index is 6.46. The van der Waals surface area contributed by atoms with Crippen LogP contribution in [0.4, 0.5) is 0 Å². The fourth-order valence-corrected chi connectivity index (χ4v) is 5.56. The SMILES string of the molecule is Cc1c2c(c(C)c3cc(Br)c(Cl)cc13)-c1cccc3c1c-2cc1ccccc13. The quantitative estimate of drug-likeness (QED) is 0.206. The molecule has 0 N–H and O–H groups in total. The molecule has 2 heteroatoms. The van der Waals surface area contributed by atoms with Gasteiger partial charge in [-0.2, -0.15) is 0 Å². The zero-order valence-electron chi connectivity index (χ0n) is 15.5. The second-order valence-corrected chi connectivity index (χ2v) is 8.95. The van der Waals surface area contributed by atoms with Crippen molar-refractivity contribution in [2.75, 3.05) is 0 Å². The molecule has 1 aliphatic rings. The van der Waals surface area contributed by atoms with Crippen LogP contribution in [0.15, 0.2) is 65.1 Å². The Morgan fingerprint density at radius 2 is 1.36 bits per heavy atom. The Labute approximate surface area is 176 Å². The molecule has 0 aromatic heterocycles. The van der Waals surface area contributed by atoms with Crippen LogP contribution in [0, 0.1) is 13.8 Å². The van der Waals surface area contributed by atoms with E-state index in [1.54, 1.807) is 0 Å². The van der Waals surface area contributed by atoms with Crippen LogP contribution in [0.2, 0.25) is 5.02 Å². The lowest BCUT2D eigenvalue weighted by molar-refractivity contribution is 1.47. The third-order valence-electron chi connectivity index (χ3n) is 6.29. The molecule has 0 atom stereocenters. The van der Waals surface area contributed by atoms with Crippen LogP contribution in [0.5, 0.6) is 0 Å². The molecule has 0 bridgehead atoms. The molecular formula is C26H16BrCl. The lowest BCUT2D eigenvalue weighted by Gasteiger charge is -2.16. The average molecular weight is 444 g/mol. The lowest BCUT2D eigenvalue weighted by atomic mass is 9.89. The van der Waals surface area contributed by atoms with E-state index in [0.29, 0.717) is 0 Å². The average Bonchev–Trinajstić information content (AvgIpc) is 3.04. The van der Waals surface area contributed by atoms with Gasteiger partial charge in [0.1, 0.15) is 0 Å². The van der Waals surface area contributed by atoms with E-state index in [4.69, 9.17) is 11.6 Å². The molecule has 0 unspecified atom stereocenters. The van der Waals surface area contributed by atoms with Crippen LogP contribution < -0.4 is 0 Å². The van der Waals surface area contributed by atoms with Gasteiger partial charge in [0.2, 0.25) is 0 Å². The number of rotatable bonds is 0. The summed E-state index contributed by atoms with van der Waals surface area (Å²) in [5.74, 6) is 0. The highest BCUT2D eigenvalue weighted by molar-refractivity contribution is 9.10. The molecule has 0 fully saturated rings. The maximum Gasteiger partial charge on any atom is 0.0554 e. The molecule has 134 valence electrons. The molecule has 0 heterocycles. The summed E-state index contributed by atoms with van der Waals surface area (Å²) in [6.07, 6.45) is 0. The minimum atomic E-state index is 0.758. The summed E-state index contributed by atoms with van der Waals surface area (Å²) >= 11 is 10.1. The molecule has 5 aromatic rings. The van der Waals surface area contributed by atoms with Crippen molar-refractivity contribution in [3.8, 4) is 22.3 Å². The highest BCUT2D eigenvalue weighted by Gasteiger charge is 2.27. The van der Waals surface area contributed by atoms with E-state index in [9.17, 15) is 0 Å². The van der Waals surface area contributed by atoms with Crippen molar-refractivity contribution in [2.24, 2.45) is 0 Å². The van der Waals surface area contributed by atoms with Gasteiger partial charge in [0.05, 0.1) is 5.02 Å². The van der Waals surface area contributed by atoms with Crippen LogP contribution >= 0.6 is 27.5 Å². The summed E-state index contributed by atoms with van der Waals surface area (Å²) < 4.78 is 0.948. The first kappa shape index (κ1) is 16.6. The standard InChI is InChI=1S/C26H16BrCl/c1-13-19-11-22(27)23(28)12-20(19)14(2)25-21-10-15-6-3-4-7-16(15)17-8-5-9-18(24(13)25)26(17)21/h3-12H,1-2H3. The van der Waals surface area contributed by atoms with Gasteiger partial charge in [-0.3, -0.25) is 0 Å². The minimum Gasteiger partial charge on any atom is -0.0831 e. The van der Waals surface area contributed by atoms with Crippen molar-refractivity contribution in [2.45, 2.75) is 13.8 Å². The van der Waals surface area contributed by atoms with Crippen molar-refractivity contribution >= 4 is 59.8 Å². The van der Waals surface area contributed by atoms with E-state index in [1.807, 2.05) is 0 Å². The zero-order chi connectivity index (χ0) is 19.2. The first-order valence-corrected chi connectivity index (χ1v) is 10.6. The van der Waals surface area contributed by atoms with E-state index < -0.39 is 0 Å². The van der Waals surface area contributed by atoms with E-state index in [2.05, 4.69) is 90.4 Å². The van der Waals surface area contributed by atoms with Gasteiger partial charge in [0.25, 0.3) is 0 Å². The number of benzene rings is 5. The van der Waals surface area contributed by atoms with Crippen LogP contribution in [-0.2, 0) is 0 Å². The fourth-order valence-electron chi connectivity index (χ4n) is 5.05. The van der Waals surface area contributed by atoms with Crippen LogP contribution in [0.1, 0.15) is 11.1 Å². The maximum absolute atomic E-state index is 6.46. The van der Waals surface area contributed by atoms with Crippen molar-refractivity contribution in [1.82, 2.24) is 0 Å². The van der Waals surface area contributed by atoms with E-state index >= 15 is 0 Å². The Balaban J connectivity index is 1.89. The van der Waals surface area contributed by atoms with Gasteiger partial charge in [0.15, 0.2) is 0 Å². The molecule has 0 aliphatic heterocycles. The molecule has 1 aliphatic carbocycles. The number of halogens is 2. The third-order valence-corrected chi connectivity index (χ3v) is 7.49. The van der Waals surface area contributed by atoms with Gasteiger partial charge in [-0.1, -0.05) is 54.1 Å². The first-order chi connectivity index (χ1) is 13.6. The molecule has 0 nitrogen and oxygen atoms in total. The number of hydrogen-bond acceptors (Lipinski definition) is 0. The van der Waals surface area contributed by atoms with Crippen LogP contribution in [0.3, 0.4) is 0 Å². The van der Waals surface area contributed by atoms with Gasteiger partial charge >= 0.3 is 0 Å². The lowest BCUT2D eigenvalue weighted by Crippen LogP contribution is -1.92. The molecule has 28 heavy (non-hydrogen) atoms. The second kappa shape index (κ2) is 5.59. The normalized spacial score (nSPS) is 12.3. The van der Waals surface area contributed by atoms with E-state index in [0.717, 1.165) is 9.50 Å². The van der Waals surface area contributed by atoms with Crippen molar-refractivity contribution in [3.63, 3.8) is 0 Å². The summed E-state index contributed by atoms with van der Waals surface area (Å²) in [6, 6.07) is 22.1. The third kappa shape index (κ3) is 1.96. The smallest absolute Gasteiger partial charge is 0.0554 e. The molecule has 0 radical (unpaired) electrons. The summed E-state index contributed by atoms with van der Waals surface area (Å²) in [7, 11) is 0. The molecule has 5 aromatic carbocycles. The number of fused-ring (bicyclic) bond motifs is 6. The van der Waals surface area contributed by atoms with Crippen LogP contribution in [-0.4, -0.2) is 0 Å². The highest BCUT2D eigenvalue weighted by Crippen LogP contribution is 2.54. The Bertz CT molecular complexity index is 1490. The number of hydrogen-bond donors (Lipinski definition) is 0. The highest BCUT2D eigenvalue weighted by atomic mass is 79.9. The van der Waals surface area contributed by atoms with Crippen molar-refractivity contribution in [3.05, 3.63) is 81.3 Å². The predicted molar refractivity (Wildman–Crippen MR) is 126 cm³/mol. The summed E-state index contributed by atoms with van der Waals surface area (Å²) in [5.41, 5.74) is 8.05. The molecule has 6 rings (SSSR count). The van der Waals surface area contributed by atoms with Gasteiger partial charge in [0, 0.05) is 4.47 Å². The fraction of sp³-hybridized carbons (Fsp3) is 0.0769. The minimum absolute atomic E-state index is 0.758. The Morgan fingerprint density at radius 1 is 0.679 bits per heavy atom. The number of aryl methyl sites for hydroxylation is 2. The summed E-state index contributed by atoms with van der Waals surface area (Å²) in [5, 5.41) is 8.59. The molecular weight excluding hydrogens is 428 g/mol. The van der Waals surface area contributed by atoms with Crippen molar-refractivity contribution in [1.29, 1.82) is 0 Å². The summed E-state index contributed by atoms with van der Waals surface area (Å²) in [6.45, 7) is 4.48. The van der Waals surface area contributed by atoms with Gasteiger partial charge in [-0.15, -0.1) is 0 Å². The van der Waals surface area contributed by atoms with E-state index in [-0.39, 0.29) is 0 Å². The largest absolute Gasteiger partial charge is 0.0831 e. The van der Waals surface area contributed by atoms with Gasteiger partial charge in [-0.05, 0) is 114 Å². The van der Waals surface area contributed by atoms with Gasteiger partial charge in [-0.25, -0.2) is 0 Å². The van der Waals surface area contributed by atoms with Gasteiger partial charge < -0.3 is 0 Å². The monoisotopic (exact) mass is 442 g/mol. The molecule has 0 saturated heterocycles. The van der Waals surface area contributed by atoms with Crippen molar-refractivity contribution < 1.29 is 0 Å². The zero-order valence-corrected chi connectivity index (χ0v) is 17.9. The molecule has 0 amide bonds. The second-order valence-electron chi connectivity index (χ2n) is 7.69. The Kier molecular flexibility index (Phi) is 3.31. The molecule has 0 spiro atoms. The van der Waals surface area contributed by atoms with Crippen LogP contribution in [0.25, 0.3) is 54.6 Å². The molecule has 0 saturated carbocycles. The summed E-state index contributed by atoms with van der Waals surface area (Å²) in [4.78, 5) is 0.